The van der Waals surface area contributed by atoms with Crippen molar-refractivity contribution in [3.8, 4) is 0 Å². The molecule has 1 unspecified atom stereocenters. The van der Waals surface area contributed by atoms with E-state index in [1.165, 1.54) is 0 Å². The number of hydrogen-bond acceptors (Lipinski definition) is 3. The first-order chi connectivity index (χ1) is 10.2. The first-order valence-electron chi connectivity index (χ1n) is 6.43. The van der Waals surface area contributed by atoms with Crippen LogP contribution in [0.5, 0.6) is 0 Å². The van der Waals surface area contributed by atoms with Crippen molar-refractivity contribution in [2.45, 2.75) is 6.04 Å². The van der Waals surface area contributed by atoms with Gasteiger partial charge in [-0.05, 0) is 44.9 Å². The van der Waals surface area contributed by atoms with Crippen LogP contribution in [0.4, 0.5) is 5.69 Å². The van der Waals surface area contributed by atoms with Gasteiger partial charge in [-0.3, -0.25) is 4.79 Å². The molecule has 1 aromatic heterocycles. The fraction of sp³-hybridized carbons (Fsp3) is 0.0625. The van der Waals surface area contributed by atoms with E-state index in [9.17, 15) is 4.79 Å². The van der Waals surface area contributed by atoms with Crippen molar-refractivity contribution >= 4 is 48.9 Å². The Morgan fingerprint density at radius 2 is 1.86 bits per heavy atom. The Hall–Kier alpha value is -1.85. The average Bonchev–Trinajstić information content (AvgIpc) is 2.90. The topological polar surface area (TPSA) is 55.1 Å². The second-order valence-corrected chi connectivity index (χ2v) is 6.41. The van der Waals surface area contributed by atoms with Gasteiger partial charge in [-0.15, -0.1) is 11.3 Å². The van der Waals surface area contributed by atoms with Gasteiger partial charge in [0, 0.05) is 20.4 Å². The number of nitrogens with one attached hydrogen (secondary N) is 1. The van der Waals surface area contributed by atoms with E-state index in [0.717, 1.165) is 25.8 Å². The molecule has 3 rings (SSSR count). The number of nitrogens with two attached hydrogens (primary N) is 1. The van der Waals surface area contributed by atoms with E-state index in [4.69, 9.17) is 5.73 Å². The van der Waals surface area contributed by atoms with E-state index >= 15 is 0 Å². The van der Waals surface area contributed by atoms with Crippen molar-refractivity contribution in [1.29, 1.82) is 0 Å². The number of benzene rings is 2. The predicted molar refractivity (Wildman–Crippen MR) is 91.5 cm³/mol. The summed E-state index contributed by atoms with van der Waals surface area (Å²) < 4.78 is 2.04. The number of fused-ring (bicyclic) bond motifs is 1. The highest BCUT2D eigenvalue weighted by atomic mass is 79.9. The molecule has 0 aliphatic heterocycles. The van der Waals surface area contributed by atoms with Crippen LogP contribution in [0.15, 0.2) is 58.4 Å². The number of halogens is 1. The van der Waals surface area contributed by atoms with Gasteiger partial charge >= 0.3 is 0 Å². The number of para-hydroxylation sites is 1. The molecule has 3 nitrogen and oxygen atoms in total. The predicted octanol–water partition coefficient (Wildman–Crippen LogP) is 4.30. The molecule has 1 heterocycles. The summed E-state index contributed by atoms with van der Waals surface area (Å²) in [7, 11) is 0. The second kappa shape index (κ2) is 5.87. The number of primary amides is 1. The van der Waals surface area contributed by atoms with Crippen LogP contribution in [0.2, 0.25) is 0 Å². The molecule has 3 N–H and O–H groups in total. The van der Waals surface area contributed by atoms with Crippen molar-refractivity contribution in [2.75, 3.05) is 5.32 Å². The van der Waals surface area contributed by atoms with Crippen molar-refractivity contribution in [3.05, 3.63) is 63.9 Å². The molecule has 0 saturated heterocycles. The highest BCUT2D eigenvalue weighted by Gasteiger charge is 2.21. The number of anilines is 1. The monoisotopic (exact) mass is 360 g/mol. The molecule has 0 fully saturated rings. The Balaban J connectivity index is 2.03. The number of carbonyl (C=O) groups excluding carboxylic acids is 1. The van der Waals surface area contributed by atoms with Crippen molar-refractivity contribution in [2.24, 2.45) is 5.73 Å². The minimum Gasteiger partial charge on any atom is -0.369 e. The van der Waals surface area contributed by atoms with E-state index in [0.29, 0.717) is 0 Å². The molecule has 0 bridgehead atoms. The maximum Gasteiger partial charge on any atom is 0.244 e. The highest BCUT2D eigenvalue weighted by molar-refractivity contribution is 9.10. The van der Waals surface area contributed by atoms with E-state index in [1.54, 1.807) is 11.3 Å². The van der Waals surface area contributed by atoms with Gasteiger partial charge < -0.3 is 11.1 Å². The summed E-state index contributed by atoms with van der Waals surface area (Å²) >= 11 is 5.09. The van der Waals surface area contributed by atoms with Gasteiger partial charge in [0.2, 0.25) is 5.91 Å². The Labute approximate surface area is 134 Å². The van der Waals surface area contributed by atoms with Gasteiger partial charge in [0.1, 0.15) is 6.04 Å². The molecule has 1 amide bonds. The first-order valence-corrected chi connectivity index (χ1v) is 8.10. The lowest BCUT2D eigenvalue weighted by molar-refractivity contribution is -0.118. The van der Waals surface area contributed by atoms with Crippen LogP contribution < -0.4 is 11.1 Å². The minimum atomic E-state index is -0.556. The van der Waals surface area contributed by atoms with Gasteiger partial charge in [-0.2, -0.15) is 0 Å². The van der Waals surface area contributed by atoms with Gasteiger partial charge in [0.25, 0.3) is 0 Å². The Kier molecular flexibility index (Phi) is 3.94. The maximum absolute atomic E-state index is 11.9. The molecule has 2 aromatic carbocycles. The largest absolute Gasteiger partial charge is 0.369 e. The van der Waals surface area contributed by atoms with Crippen LogP contribution in [0.25, 0.3) is 10.1 Å². The summed E-state index contributed by atoms with van der Waals surface area (Å²) in [5.41, 5.74) is 7.36. The highest BCUT2D eigenvalue weighted by Crippen LogP contribution is 2.33. The van der Waals surface area contributed by atoms with E-state index in [-0.39, 0.29) is 0 Å². The first kappa shape index (κ1) is 14.1. The lowest BCUT2D eigenvalue weighted by Crippen LogP contribution is -2.27. The number of rotatable bonds is 4. The molecule has 0 aliphatic rings. The lowest BCUT2D eigenvalue weighted by atomic mass is 10.0. The van der Waals surface area contributed by atoms with Gasteiger partial charge in [-0.25, -0.2) is 0 Å². The summed E-state index contributed by atoms with van der Waals surface area (Å²) in [5.74, 6) is -0.394. The molecule has 0 spiro atoms. The van der Waals surface area contributed by atoms with Crippen LogP contribution in [0.1, 0.15) is 11.6 Å². The second-order valence-electron chi connectivity index (χ2n) is 4.65. The van der Waals surface area contributed by atoms with Gasteiger partial charge in [-0.1, -0.05) is 30.3 Å². The van der Waals surface area contributed by atoms with Crippen molar-refractivity contribution < 1.29 is 4.79 Å². The van der Waals surface area contributed by atoms with Gasteiger partial charge in [0.15, 0.2) is 0 Å². The zero-order valence-corrected chi connectivity index (χ0v) is 13.4. The van der Waals surface area contributed by atoms with Crippen LogP contribution in [0.3, 0.4) is 0 Å². The number of carbonyl (C=O) groups is 1. The summed E-state index contributed by atoms with van der Waals surface area (Å²) in [6.07, 6.45) is 0. The summed E-state index contributed by atoms with van der Waals surface area (Å²) in [5, 5.41) is 6.28. The summed E-state index contributed by atoms with van der Waals surface area (Å²) in [6.45, 7) is 0. The Morgan fingerprint density at radius 3 is 2.62 bits per heavy atom. The molecule has 106 valence electrons. The quantitative estimate of drug-likeness (QED) is 0.728. The third-order valence-electron chi connectivity index (χ3n) is 3.28. The fourth-order valence-corrected chi connectivity index (χ4v) is 3.64. The normalized spacial score (nSPS) is 12.2. The summed E-state index contributed by atoms with van der Waals surface area (Å²) in [6, 6.07) is 15.1. The average molecular weight is 361 g/mol. The molecule has 0 aliphatic carbocycles. The Bertz CT molecular complexity index is 800. The molecule has 0 radical (unpaired) electrons. The van der Waals surface area contributed by atoms with E-state index in [2.05, 4.69) is 21.2 Å². The Morgan fingerprint density at radius 1 is 1.14 bits per heavy atom. The molecular weight excluding hydrogens is 348 g/mol. The molecule has 1 atom stereocenters. The molecule has 21 heavy (non-hydrogen) atoms. The van der Waals surface area contributed by atoms with E-state index < -0.39 is 11.9 Å². The maximum atomic E-state index is 11.9. The van der Waals surface area contributed by atoms with Crippen molar-refractivity contribution in [1.82, 2.24) is 0 Å². The number of amides is 1. The third kappa shape index (κ3) is 2.80. The van der Waals surface area contributed by atoms with Gasteiger partial charge in [0.05, 0.1) is 0 Å². The van der Waals surface area contributed by atoms with Crippen LogP contribution in [-0.2, 0) is 4.79 Å². The molecule has 0 saturated carbocycles. The zero-order valence-electron chi connectivity index (χ0n) is 11.0. The molecule has 5 heteroatoms. The minimum absolute atomic E-state index is 0.394. The van der Waals surface area contributed by atoms with Crippen molar-refractivity contribution in [3.63, 3.8) is 0 Å². The van der Waals surface area contributed by atoms with E-state index in [1.807, 2.05) is 53.9 Å². The number of thiophene rings is 1. The molecular formula is C16H13BrN2OS. The SMILES string of the molecule is NC(=O)C(Nc1ccccc1Br)c1csc2ccccc12. The molecule has 3 aromatic rings. The summed E-state index contributed by atoms with van der Waals surface area (Å²) in [4.78, 5) is 11.9. The van der Waals surface area contributed by atoms with Crippen LogP contribution in [-0.4, -0.2) is 5.91 Å². The van der Waals surface area contributed by atoms with Crippen LogP contribution in [0, 0.1) is 0 Å². The smallest absolute Gasteiger partial charge is 0.244 e. The number of hydrogen-bond donors (Lipinski definition) is 2. The zero-order chi connectivity index (χ0) is 14.8. The van der Waals surface area contributed by atoms with Crippen LogP contribution >= 0.6 is 27.3 Å². The standard InChI is InChI=1S/C16H13BrN2OS/c17-12-6-2-3-7-13(12)19-15(16(18)20)11-9-21-14-8-4-1-5-10(11)14/h1-9,15,19H,(H2,18,20). The fourth-order valence-electron chi connectivity index (χ4n) is 2.26. The third-order valence-corrected chi connectivity index (χ3v) is 4.95. The lowest BCUT2D eigenvalue weighted by Gasteiger charge is -2.17.